The minimum Gasteiger partial charge on any atom is -0.481 e. The van der Waals surface area contributed by atoms with Gasteiger partial charge in [0.05, 0.1) is 5.92 Å². The molecular weight excluding hydrogens is 530 g/mol. The maximum Gasteiger partial charge on any atom is 0.306 e. The Morgan fingerprint density at radius 1 is 0.488 bits per heavy atom. The SMILES string of the molecule is CCCCCCCCCCCCCCCCCC(=O)NC(C)CC(CCCCCCCCCCCCCCCC)C(=O)O. The summed E-state index contributed by atoms with van der Waals surface area (Å²) in [5, 5.41) is 12.8. The number of carbonyl (C=O) groups excluding carboxylic acids is 1. The second-order valence-electron chi connectivity index (χ2n) is 13.8. The van der Waals surface area contributed by atoms with Crippen LogP contribution >= 0.6 is 0 Å². The maximum absolute atomic E-state index is 12.4. The molecular formula is C39H77NO3. The molecule has 2 unspecified atom stereocenters. The molecule has 0 bridgehead atoms. The molecule has 0 aromatic carbocycles. The molecule has 0 heterocycles. The first kappa shape index (κ1) is 41.9. The fourth-order valence-corrected chi connectivity index (χ4v) is 6.42. The molecule has 0 aliphatic heterocycles. The van der Waals surface area contributed by atoms with Crippen LogP contribution in [-0.4, -0.2) is 23.0 Å². The number of carboxylic acids is 1. The van der Waals surface area contributed by atoms with Gasteiger partial charge in [0.25, 0.3) is 0 Å². The number of unbranched alkanes of at least 4 members (excludes halogenated alkanes) is 27. The highest BCUT2D eigenvalue weighted by Gasteiger charge is 2.21. The molecule has 0 aliphatic rings. The first-order chi connectivity index (χ1) is 21.0. The van der Waals surface area contributed by atoms with Crippen LogP contribution in [0.2, 0.25) is 0 Å². The van der Waals surface area contributed by atoms with Crippen LogP contribution < -0.4 is 5.32 Å². The first-order valence-corrected chi connectivity index (χ1v) is 19.5. The molecule has 43 heavy (non-hydrogen) atoms. The molecule has 0 aromatic heterocycles. The van der Waals surface area contributed by atoms with Gasteiger partial charge in [-0.25, -0.2) is 0 Å². The number of rotatable bonds is 35. The van der Waals surface area contributed by atoms with Crippen LogP contribution in [0.3, 0.4) is 0 Å². The average molecular weight is 608 g/mol. The summed E-state index contributed by atoms with van der Waals surface area (Å²) in [6.07, 6.45) is 40.1. The molecule has 4 heteroatoms. The fraction of sp³-hybridized carbons (Fsp3) is 0.949. The van der Waals surface area contributed by atoms with Crippen molar-refractivity contribution in [2.45, 2.75) is 232 Å². The Labute approximate surface area is 269 Å². The van der Waals surface area contributed by atoms with E-state index in [1.54, 1.807) is 0 Å². The predicted octanol–water partition coefficient (Wildman–Crippen LogP) is 12.7. The third-order valence-corrected chi connectivity index (χ3v) is 9.31. The van der Waals surface area contributed by atoms with Gasteiger partial charge in [-0.15, -0.1) is 0 Å². The van der Waals surface area contributed by atoms with Crippen molar-refractivity contribution >= 4 is 11.9 Å². The molecule has 0 saturated carbocycles. The van der Waals surface area contributed by atoms with Gasteiger partial charge in [-0.1, -0.05) is 194 Å². The normalized spacial score (nSPS) is 12.8. The van der Waals surface area contributed by atoms with Crippen LogP contribution in [0.5, 0.6) is 0 Å². The van der Waals surface area contributed by atoms with Crippen LogP contribution in [0.1, 0.15) is 226 Å². The topological polar surface area (TPSA) is 66.4 Å². The molecule has 0 fully saturated rings. The molecule has 2 N–H and O–H groups in total. The van der Waals surface area contributed by atoms with Crippen molar-refractivity contribution in [2.24, 2.45) is 5.92 Å². The monoisotopic (exact) mass is 608 g/mol. The quantitative estimate of drug-likeness (QED) is 0.0704. The van der Waals surface area contributed by atoms with Crippen LogP contribution in [0, 0.1) is 5.92 Å². The highest BCUT2D eigenvalue weighted by atomic mass is 16.4. The largest absolute Gasteiger partial charge is 0.481 e. The molecule has 0 aliphatic carbocycles. The summed E-state index contributed by atoms with van der Waals surface area (Å²) >= 11 is 0. The number of amides is 1. The van der Waals surface area contributed by atoms with Crippen LogP contribution in [-0.2, 0) is 9.59 Å². The minimum atomic E-state index is -0.710. The zero-order valence-electron chi connectivity index (χ0n) is 29.5. The highest BCUT2D eigenvalue weighted by Crippen LogP contribution is 2.19. The van der Waals surface area contributed by atoms with Gasteiger partial charge in [0, 0.05) is 12.5 Å². The number of carboxylic acid groups (broad SMARTS) is 1. The third kappa shape index (κ3) is 32.2. The summed E-state index contributed by atoms with van der Waals surface area (Å²) in [5.74, 6) is -0.973. The van der Waals surface area contributed by atoms with Gasteiger partial charge >= 0.3 is 5.97 Å². The van der Waals surface area contributed by atoms with Gasteiger partial charge in [0.1, 0.15) is 0 Å². The van der Waals surface area contributed by atoms with E-state index in [-0.39, 0.29) is 17.9 Å². The van der Waals surface area contributed by atoms with Crippen LogP contribution in [0.4, 0.5) is 0 Å². The van der Waals surface area contributed by atoms with Crippen molar-refractivity contribution in [3.63, 3.8) is 0 Å². The van der Waals surface area contributed by atoms with E-state index >= 15 is 0 Å². The van der Waals surface area contributed by atoms with E-state index in [4.69, 9.17) is 0 Å². The van der Waals surface area contributed by atoms with E-state index in [0.29, 0.717) is 12.8 Å². The van der Waals surface area contributed by atoms with Gasteiger partial charge in [0.15, 0.2) is 0 Å². The summed E-state index contributed by atoms with van der Waals surface area (Å²) in [5.41, 5.74) is 0. The zero-order chi connectivity index (χ0) is 31.6. The van der Waals surface area contributed by atoms with Crippen molar-refractivity contribution in [1.82, 2.24) is 5.32 Å². The Kier molecular flexibility index (Phi) is 33.0. The number of hydrogen-bond acceptors (Lipinski definition) is 2. The fourth-order valence-electron chi connectivity index (χ4n) is 6.42. The van der Waals surface area contributed by atoms with Crippen LogP contribution in [0.25, 0.3) is 0 Å². The highest BCUT2D eigenvalue weighted by molar-refractivity contribution is 5.76. The van der Waals surface area contributed by atoms with E-state index in [9.17, 15) is 14.7 Å². The van der Waals surface area contributed by atoms with Crippen molar-refractivity contribution in [2.75, 3.05) is 0 Å². The summed E-state index contributed by atoms with van der Waals surface area (Å²) in [6, 6.07) is -0.0726. The van der Waals surface area contributed by atoms with E-state index in [0.717, 1.165) is 32.1 Å². The average Bonchev–Trinajstić information content (AvgIpc) is 2.98. The molecule has 1 amide bonds. The van der Waals surface area contributed by atoms with Gasteiger partial charge in [-0.05, 0) is 26.2 Å². The number of aliphatic carboxylic acids is 1. The minimum absolute atomic E-state index is 0.0726. The Hall–Kier alpha value is -1.06. The van der Waals surface area contributed by atoms with E-state index in [1.807, 2.05) is 6.92 Å². The van der Waals surface area contributed by atoms with E-state index in [1.165, 1.54) is 161 Å². The zero-order valence-corrected chi connectivity index (χ0v) is 29.5. The third-order valence-electron chi connectivity index (χ3n) is 9.31. The molecule has 0 spiro atoms. The van der Waals surface area contributed by atoms with Crippen molar-refractivity contribution in [3.8, 4) is 0 Å². The number of hydrogen-bond donors (Lipinski definition) is 2. The Morgan fingerprint density at radius 2 is 0.791 bits per heavy atom. The number of nitrogens with one attached hydrogen (secondary N) is 1. The molecule has 256 valence electrons. The Morgan fingerprint density at radius 3 is 1.12 bits per heavy atom. The van der Waals surface area contributed by atoms with Gasteiger partial charge < -0.3 is 10.4 Å². The molecule has 0 radical (unpaired) electrons. The standard InChI is InChI=1S/C39H77NO3/c1-4-6-8-10-12-14-16-18-20-22-24-26-28-30-32-34-38(41)40-36(3)35-37(39(42)43)33-31-29-27-25-23-21-19-17-15-13-11-9-7-5-2/h36-37H,4-35H2,1-3H3,(H,40,41)(H,42,43). The van der Waals surface area contributed by atoms with Crippen molar-refractivity contribution < 1.29 is 14.7 Å². The van der Waals surface area contributed by atoms with E-state index in [2.05, 4.69) is 19.2 Å². The first-order valence-electron chi connectivity index (χ1n) is 19.5. The lowest BCUT2D eigenvalue weighted by Crippen LogP contribution is -2.35. The smallest absolute Gasteiger partial charge is 0.306 e. The Balaban J connectivity index is 3.63. The van der Waals surface area contributed by atoms with Crippen LogP contribution in [0.15, 0.2) is 0 Å². The van der Waals surface area contributed by atoms with Crippen molar-refractivity contribution in [1.29, 1.82) is 0 Å². The van der Waals surface area contributed by atoms with Gasteiger partial charge in [0.2, 0.25) is 5.91 Å². The summed E-state index contributed by atoms with van der Waals surface area (Å²) in [7, 11) is 0. The molecule has 0 saturated heterocycles. The molecule has 2 atom stereocenters. The second kappa shape index (κ2) is 33.8. The predicted molar refractivity (Wildman–Crippen MR) is 188 cm³/mol. The molecule has 4 nitrogen and oxygen atoms in total. The summed E-state index contributed by atoms with van der Waals surface area (Å²) in [6.45, 7) is 6.51. The van der Waals surface area contributed by atoms with E-state index < -0.39 is 5.97 Å². The number of carbonyl (C=O) groups is 2. The lowest BCUT2D eigenvalue weighted by atomic mass is 9.94. The molecule has 0 aromatic rings. The Bertz CT molecular complexity index is 593. The molecule has 0 rings (SSSR count). The lowest BCUT2D eigenvalue weighted by Gasteiger charge is -2.19. The van der Waals surface area contributed by atoms with Gasteiger partial charge in [-0.3, -0.25) is 9.59 Å². The van der Waals surface area contributed by atoms with Gasteiger partial charge in [-0.2, -0.15) is 0 Å². The lowest BCUT2D eigenvalue weighted by molar-refractivity contribution is -0.142. The summed E-state index contributed by atoms with van der Waals surface area (Å²) in [4.78, 5) is 24.2. The maximum atomic E-state index is 12.4. The van der Waals surface area contributed by atoms with Crippen molar-refractivity contribution in [3.05, 3.63) is 0 Å². The summed E-state index contributed by atoms with van der Waals surface area (Å²) < 4.78 is 0. The second-order valence-corrected chi connectivity index (χ2v) is 13.8.